The van der Waals surface area contributed by atoms with Gasteiger partial charge in [-0.15, -0.1) is 6.58 Å². The Kier molecular flexibility index (Phi) is 4.65. The van der Waals surface area contributed by atoms with E-state index in [4.69, 9.17) is 11.6 Å². The molecule has 0 atom stereocenters. The molecule has 3 nitrogen and oxygen atoms in total. The van der Waals surface area contributed by atoms with E-state index >= 15 is 0 Å². The summed E-state index contributed by atoms with van der Waals surface area (Å²) in [6, 6.07) is 11.4. The standard InChI is InChI=1S/C15H13ClFNO2S/c1-2-11-18(15-6-4-3-5-14(15)17)21(19,20)13-9-7-12(16)8-10-13/h2-10H,1,11H2. The van der Waals surface area contributed by atoms with Crippen LogP contribution in [0.2, 0.25) is 5.02 Å². The van der Waals surface area contributed by atoms with Gasteiger partial charge < -0.3 is 0 Å². The first-order chi connectivity index (χ1) is 9.96. The molecule has 0 fully saturated rings. The second-order valence-corrected chi connectivity index (χ2v) is 6.53. The van der Waals surface area contributed by atoms with Gasteiger partial charge in [0.2, 0.25) is 0 Å². The lowest BCUT2D eigenvalue weighted by Gasteiger charge is -2.23. The first-order valence-corrected chi connectivity index (χ1v) is 7.92. The highest BCUT2D eigenvalue weighted by molar-refractivity contribution is 7.92. The molecule has 6 heteroatoms. The van der Waals surface area contributed by atoms with Crippen molar-refractivity contribution < 1.29 is 12.8 Å². The molecular weight excluding hydrogens is 313 g/mol. The number of hydrogen-bond donors (Lipinski definition) is 0. The first kappa shape index (κ1) is 15.5. The highest BCUT2D eigenvalue weighted by Gasteiger charge is 2.25. The smallest absolute Gasteiger partial charge is 0.260 e. The maximum atomic E-state index is 13.9. The molecule has 0 N–H and O–H groups in total. The second kappa shape index (κ2) is 6.28. The van der Waals surface area contributed by atoms with Gasteiger partial charge in [0.1, 0.15) is 5.82 Å². The maximum Gasteiger partial charge on any atom is 0.264 e. The van der Waals surface area contributed by atoms with Gasteiger partial charge in [0, 0.05) is 5.02 Å². The van der Waals surface area contributed by atoms with Crippen LogP contribution < -0.4 is 4.31 Å². The summed E-state index contributed by atoms with van der Waals surface area (Å²) in [4.78, 5) is 0.0389. The average molecular weight is 326 g/mol. The summed E-state index contributed by atoms with van der Waals surface area (Å²) in [7, 11) is -3.89. The SMILES string of the molecule is C=CCN(c1ccccc1F)S(=O)(=O)c1ccc(Cl)cc1. The van der Waals surface area contributed by atoms with Crippen LogP contribution in [0.25, 0.3) is 0 Å². The van der Waals surface area contributed by atoms with Crippen molar-refractivity contribution in [2.75, 3.05) is 10.8 Å². The molecule has 0 amide bonds. The molecular formula is C15H13ClFNO2S. The largest absolute Gasteiger partial charge is 0.264 e. The van der Waals surface area contributed by atoms with Crippen LogP contribution in [0.3, 0.4) is 0 Å². The van der Waals surface area contributed by atoms with Crippen molar-refractivity contribution in [2.45, 2.75) is 4.90 Å². The monoisotopic (exact) mass is 325 g/mol. The van der Waals surface area contributed by atoms with E-state index in [9.17, 15) is 12.8 Å². The Morgan fingerprint density at radius 2 is 1.76 bits per heavy atom. The molecule has 0 saturated carbocycles. The van der Waals surface area contributed by atoms with Gasteiger partial charge in [-0.1, -0.05) is 29.8 Å². The number of anilines is 1. The fraction of sp³-hybridized carbons (Fsp3) is 0.0667. The molecule has 0 saturated heterocycles. The Morgan fingerprint density at radius 3 is 2.33 bits per heavy atom. The van der Waals surface area contributed by atoms with E-state index in [1.54, 1.807) is 6.07 Å². The van der Waals surface area contributed by atoms with Crippen molar-refractivity contribution >= 4 is 27.3 Å². The highest BCUT2D eigenvalue weighted by atomic mass is 35.5. The molecule has 21 heavy (non-hydrogen) atoms. The summed E-state index contributed by atoms with van der Waals surface area (Å²) in [5.74, 6) is -0.614. The van der Waals surface area contributed by atoms with Crippen molar-refractivity contribution in [1.29, 1.82) is 0 Å². The van der Waals surface area contributed by atoms with Crippen LogP contribution in [0.4, 0.5) is 10.1 Å². The third-order valence-corrected chi connectivity index (χ3v) is 4.86. The molecule has 0 radical (unpaired) electrons. The molecule has 2 aromatic carbocycles. The minimum absolute atomic E-state index is 0.0210. The van der Waals surface area contributed by atoms with Gasteiger partial charge in [0.25, 0.3) is 10.0 Å². The lowest BCUT2D eigenvalue weighted by Crippen LogP contribution is -2.31. The van der Waals surface area contributed by atoms with E-state index in [1.165, 1.54) is 48.5 Å². The number of nitrogens with zero attached hydrogens (tertiary/aromatic N) is 1. The summed E-state index contributed by atoms with van der Waals surface area (Å²) in [6.45, 7) is 3.49. The van der Waals surface area contributed by atoms with Crippen molar-refractivity contribution in [3.8, 4) is 0 Å². The predicted octanol–water partition coefficient (Wildman–Crippen LogP) is 3.86. The average Bonchev–Trinajstić information content (AvgIpc) is 2.46. The molecule has 0 aliphatic heterocycles. The summed E-state index contributed by atoms with van der Waals surface area (Å²) in [6.07, 6.45) is 1.40. The Hall–Kier alpha value is -1.85. The Balaban J connectivity index is 2.54. The van der Waals surface area contributed by atoms with Crippen molar-refractivity contribution in [3.63, 3.8) is 0 Å². The van der Waals surface area contributed by atoms with Crippen LogP contribution in [0.15, 0.2) is 66.1 Å². The van der Waals surface area contributed by atoms with Gasteiger partial charge >= 0.3 is 0 Å². The zero-order valence-corrected chi connectivity index (χ0v) is 12.6. The minimum Gasteiger partial charge on any atom is -0.260 e. The van der Waals surface area contributed by atoms with E-state index in [1.807, 2.05) is 0 Å². The number of para-hydroxylation sites is 1. The Labute approximate surface area is 128 Å². The normalized spacial score (nSPS) is 11.1. The number of benzene rings is 2. The molecule has 0 heterocycles. The number of sulfonamides is 1. The van der Waals surface area contributed by atoms with Gasteiger partial charge in [0.15, 0.2) is 0 Å². The van der Waals surface area contributed by atoms with Crippen molar-refractivity contribution in [1.82, 2.24) is 0 Å². The number of halogens is 2. The molecule has 110 valence electrons. The molecule has 2 rings (SSSR count). The summed E-state index contributed by atoms with van der Waals surface area (Å²) < 4.78 is 40.2. The zero-order valence-electron chi connectivity index (χ0n) is 11.0. The second-order valence-electron chi connectivity index (χ2n) is 4.23. The van der Waals surface area contributed by atoms with Crippen LogP contribution in [-0.4, -0.2) is 15.0 Å². The highest BCUT2D eigenvalue weighted by Crippen LogP contribution is 2.26. The van der Waals surface area contributed by atoms with E-state index in [-0.39, 0.29) is 17.1 Å². The van der Waals surface area contributed by atoms with Crippen LogP contribution in [-0.2, 0) is 10.0 Å². The Morgan fingerprint density at radius 1 is 1.14 bits per heavy atom. The van der Waals surface area contributed by atoms with Gasteiger partial charge in [0.05, 0.1) is 17.1 Å². The first-order valence-electron chi connectivity index (χ1n) is 6.10. The fourth-order valence-corrected chi connectivity index (χ4v) is 3.40. The summed E-state index contributed by atoms with van der Waals surface area (Å²) in [5.41, 5.74) is -0.0210. The number of rotatable bonds is 5. The number of hydrogen-bond acceptors (Lipinski definition) is 2. The third kappa shape index (κ3) is 3.25. The molecule has 0 unspecified atom stereocenters. The van der Waals surface area contributed by atoms with Crippen LogP contribution in [0.5, 0.6) is 0 Å². The van der Waals surface area contributed by atoms with Crippen molar-refractivity contribution in [2.24, 2.45) is 0 Å². The fourth-order valence-electron chi connectivity index (χ4n) is 1.83. The third-order valence-electron chi connectivity index (χ3n) is 2.82. The maximum absolute atomic E-state index is 13.9. The molecule has 0 aliphatic carbocycles. The van der Waals surface area contributed by atoms with Crippen LogP contribution in [0.1, 0.15) is 0 Å². The minimum atomic E-state index is -3.89. The predicted molar refractivity (Wildman–Crippen MR) is 82.6 cm³/mol. The summed E-state index contributed by atoms with van der Waals surface area (Å²) in [5, 5.41) is 0.426. The van der Waals surface area contributed by atoms with E-state index in [0.717, 1.165) is 4.31 Å². The van der Waals surface area contributed by atoms with Crippen molar-refractivity contribution in [3.05, 3.63) is 72.0 Å². The summed E-state index contributed by atoms with van der Waals surface area (Å²) >= 11 is 5.76. The van der Waals surface area contributed by atoms with Gasteiger partial charge in [-0.3, -0.25) is 4.31 Å². The van der Waals surface area contributed by atoms with Gasteiger partial charge in [-0.05, 0) is 36.4 Å². The topological polar surface area (TPSA) is 37.4 Å². The lowest BCUT2D eigenvalue weighted by molar-refractivity contribution is 0.587. The molecule has 0 spiro atoms. The molecule has 2 aromatic rings. The zero-order chi connectivity index (χ0) is 15.5. The van der Waals surface area contributed by atoms with Crippen LogP contribution in [0, 0.1) is 5.82 Å². The van der Waals surface area contributed by atoms with E-state index in [2.05, 4.69) is 6.58 Å². The quantitative estimate of drug-likeness (QED) is 0.783. The molecule has 0 aliphatic rings. The molecule has 0 bridgehead atoms. The molecule has 0 aromatic heterocycles. The van der Waals surface area contributed by atoms with Gasteiger partial charge in [-0.2, -0.15) is 0 Å². The van der Waals surface area contributed by atoms with E-state index < -0.39 is 15.8 Å². The Bertz CT molecular complexity index is 745. The lowest BCUT2D eigenvalue weighted by atomic mass is 10.3. The van der Waals surface area contributed by atoms with E-state index in [0.29, 0.717) is 5.02 Å². The van der Waals surface area contributed by atoms with Gasteiger partial charge in [-0.25, -0.2) is 12.8 Å². The van der Waals surface area contributed by atoms with Crippen LogP contribution >= 0.6 is 11.6 Å².